The Morgan fingerprint density at radius 2 is 2.21 bits per heavy atom. The summed E-state index contributed by atoms with van der Waals surface area (Å²) in [6, 6.07) is 7.29. The predicted octanol–water partition coefficient (Wildman–Crippen LogP) is 1.78. The number of para-hydroxylation sites is 1. The molecule has 0 fully saturated rings. The fourth-order valence-corrected chi connectivity index (χ4v) is 2.76. The highest BCUT2D eigenvalue weighted by Gasteiger charge is 2.14. The van der Waals surface area contributed by atoms with Crippen LogP contribution in [0.15, 0.2) is 35.6 Å². The van der Waals surface area contributed by atoms with E-state index in [0.29, 0.717) is 12.2 Å². The lowest BCUT2D eigenvalue weighted by molar-refractivity contribution is -0.139. The minimum Gasteiger partial charge on any atom is -0.480 e. The Labute approximate surface area is 115 Å². The molecule has 0 saturated carbocycles. The van der Waals surface area contributed by atoms with Crippen molar-refractivity contribution in [1.29, 1.82) is 0 Å². The van der Waals surface area contributed by atoms with Crippen molar-refractivity contribution in [2.45, 2.75) is 17.5 Å². The van der Waals surface area contributed by atoms with Crippen molar-refractivity contribution in [2.75, 3.05) is 12.8 Å². The molecule has 1 unspecified atom stereocenters. The van der Waals surface area contributed by atoms with E-state index in [1.165, 1.54) is 6.33 Å². The third-order valence-electron chi connectivity index (χ3n) is 2.80. The van der Waals surface area contributed by atoms with Crippen LogP contribution in [0.25, 0.3) is 10.9 Å². The molecular weight excluding hydrogens is 262 g/mol. The van der Waals surface area contributed by atoms with Gasteiger partial charge in [0.05, 0.1) is 5.52 Å². The van der Waals surface area contributed by atoms with Crippen LogP contribution in [-0.4, -0.2) is 39.9 Å². The van der Waals surface area contributed by atoms with Crippen molar-refractivity contribution in [2.24, 2.45) is 0 Å². The first-order valence-electron chi connectivity index (χ1n) is 5.95. The predicted molar refractivity (Wildman–Crippen MR) is 75.4 cm³/mol. The molecule has 5 nitrogen and oxygen atoms in total. The fourth-order valence-electron chi connectivity index (χ4n) is 1.76. The van der Waals surface area contributed by atoms with Gasteiger partial charge in [-0.25, -0.2) is 9.97 Å². The van der Waals surface area contributed by atoms with Gasteiger partial charge >= 0.3 is 5.97 Å². The second-order valence-corrected chi connectivity index (χ2v) is 5.10. The second kappa shape index (κ2) is 6.49. The SMILES string of the molecule is CNC(CCSc1ncnc2ccccc12)C(=O)O. The van der Waals surface area contributed by atoms with E-state index in [4.69, 9.17) is 5.11 Å². The van der Waals surface area contributed by atoms with Gasteiger partial charge < -0.3 is 10.4 Å². The molecule has 1 aromatic carbocycles. The Kier molecular flexibility index (Phi) is 4.70. The van der Waals surface area contributed by atoms with Crippen LogP contribution in [0.2, 0.25) is 0 Å². The van der Waals surface area contributed by atoms with Crippen LogP contribution in [0.4, 0.5) is 0 Å². The molecule has 19 heavy (non-hydrogen) atoms. The summed E-state index contributed by atoms with van der Waals surface area (Å²) in [6.07, 6.45) is 2.09. The average molecular weight is 277 g/mol. The number of aliphatic carboxylic acids is 1. The fraction of sp³-hybridized carbons (Fsp3) is 0.308. The van der Waals surface area contributed by atoms with Crippen LogP contribution >= 0.6 is 11.8 Å². The monoisotopic (exact) mass is 277 g/mol. The van der Waals surface area contributed by atoms with Gasteiger partial charge in [0.15, 0.2) is 0 Å². The first-order valence-corrected chi connectivity index (χ1v) is 6.93. The van der Waals surface area contributed by atoms with Gasteiger partial charge in [0.2, 0.25) is 0 Å². The zero-order valence-electron chi connectivity index (χ0n) is 10.5. The van der Waals surface area contributed by atoms with Crippen LogP contribution in [0.1, 0.15) is 6.42 Å². The number of rotatable bonds is 6. The quantitative estimate of drug-likeness (QED) is 0.619. The molecule has 0 bridgehead atoms. The molecule has 2 aromatic rings. The maximum absolute atomic E-state index is 10.9. The molecular formula is C13H15N3O2S. The Morgan fingerprint density at radius 1 is 1.42 bits per heavy atom. The van der Waals surface area contributed by atoms with Gasteiger partial charge in [-0.1, -0.05) is 18.2 Å². The molecule has 6 heteroatoms. The second-order valence-electron chi connectivity index (χ2n) is 4.01. The highest BCUT2D eigenvalue weighted by atomic mass is 32.2. The minimum atomic E-state index is -0.823. The van der Waals surface area contributed by atoms with Crippen molar-refractivity contribution in [3.8, 4) is 0 Å². The van der Waals surface area contributed by atoms with Gasteiger partial charge in [0.1, 0.15) is 17.4 Å². The number of carbonyl (C=O) groups is 1. The van der Waals surface area contributed by atoms with Crippen LogP contribution in [0.3, 0.4) is 0 Å². The van der Waals surface area contributed by atoms with Gasteiger partial charge in [-0.2, -0.15) is 0 Å². The number of aromatic nitrogens is 2. The summed E-state index contributed by atoms with van der Waals surface area (Å²) < 4.78 is 0. The van der Waals surface area contributed by atoms with Crippen LogP contribution in [0, 0.1) is 0 Å². The molecule has 2 N–H and O–H groups in total. The lowest BCUT2D eigenvalue weighted by Crippen LogP contribution is -2.34. The molecule has 0 radical (unpaired) electrons. The first kappa shape index (κ1) is 13.8. The molecule has 0 spiro atoms. The summed E-state index contributed by atoms with van der Waals surface area (Å²) in [5, 5.41) is 13.6. The Balaban J connectivity index is 2.04. The van der Waals surface area contributed by atoms with Gasteiger partial charge in [-0.15, -0.1) is 11.8 Å². The van der Waals surface area contributed by atoms with Gasteiger partial charge in [0.25, 0.3) is 0 Å². The standard InChI is InChI=1S/C13H15N3O2S/c1-14-11(13(17)18)6-7-19-12-9-4-2-3-5-10(9)15-8-16-12/h2-5,8,11,14H,6-7H2,1H3,(H,17,18). The summed E-state index contributed by atoms with van der Waals surface area (Å²) in [5.41, 5.74) is 0.906. The molecule has 100 valence electrons. The summed E-state index contributed by atoms with van der Waals surface area (Å²) in [7, 11) is 1.66. The highest BCUT2D eigenvalue weighted by Crippen LogP contribution is 2.24. The maximum Gasteiger partial charge on any atom is 0.320 e. The largest absolute Gasteiger partial charge is 0.480 e. The Morgan fingerprint density at radius 3 is 2.95 bits per heavy atom. The van der Waals surface area contributed by atoms with Gasteiger partial charge in [-0.05, 0) is 19.5 Å². The summed E-state index contributed by atoms with van der Waals surface area (Å²) in [5.74, 6) is -0.130. The summed E-state index contributed by atoms with van der Waals surface area (Å²) >= 11 is 1.56. The summed E-state index contributed by atoms with van der Waals surface area (Å²) in [4.78, 5) is 19.3. The van der Waals surface area contributed by atoms with Crippen molar-refractivity contribution >= 4 is 28.6 Å². The van der Waals surface area contributed by atoms with Gasteiger partial charge in [0, 0.05) is 11.1 Å². The number of carboxylic acid groups (broad SMARTS) is 1. The molecule has 0 saturated heterocycles. The number of thioether (sulfide) groups is 1. The normalized spacial score (nSPS) is 12.5. The Hall–Kier alpha value is -1.66. The Bertz CT molecular complexity index is 571. The van der Waals surface area contributed by atoms with Crippen molar-refractivity contribution in [1.82, 2.24) is 15.3 Å². The van der Waals surface area contributed by atoms with E-state index in [-0.39, 0.29) is 0 Å². The van der Waals surface area contributed by atoms with Crippen LogP contribution in [-0.2, 0) is 4.79 Å². The molecule has 0 aliphatic carbocycles. The number of hydrogen-bond acceptors (Lipinski definition) is 5. The van der Waals surface area contributed by atoms with Crippen molar-refractivity contribution < 1.29 is 9.90 Å². The van der Waals surface area contributed by atoms with E-state index in [0.717, 1.165) is 15.9 Å². The molecule has 1 atom stereocenters. The number of likely N-dealkylation sites (N-methyl/N-ethyl adjacent to an activating group) is 1. The third kappa shape index (κ3) is 3.42. The molecule has 2 rings (SSSR count). The third-order valence-corrected chi connectivity index (χ3v) is 3.84. The van der Waals surface area contributed by atoms with E-state index in [1.807, 2.05) is 24.3 Å². The van der Waals surface area contributed by atoms with E-state index < -0.39 is 12.0 Å². The lowest BCUT2D eigenvalue weighted by atomic mass is 10.2. The summed E-state index contributed by atoms with van der Waals surface area (Å²) in [6.45, 7) is 0. The van der Waals surface area contributed by atoms with Crippen LogP contribution in [0.5, 0.6) is 0 Å². The molecule has 0 aliphatic rings. The first-order chi connectivity index (χ1) is 9.22. The van der Waals surface area contributed by atoms with E-state index in [2.05, 4.69) is 15.3 Å². The molecule has 1 heterocycles. The van der Waals surface area contributed by atoms with Crippen LogP contribution < -0.4 is 5.32 Å². The maximum atomic E-state index is 10.9. The number of nitrogens with one attached hydrogen (secondary N) is 1. The molecule has 0 amide bonds. The van der Waals surface area contributed by atoms with E-state index >= 15 is 0 Å². The number of fused-ring (bicyclic) bond motifs is 1. The highest BCUT2D eigenvalue weighted by molar-refractivity contribution is 7.99. The lowest BCUT2D eigenvalue weighted by Gasteiger charge is -2.10. The zero-order chi connectivity index (χ0) is 13.7. The minimum absolute atomic E-state index is 0.513. The number of hydrogen-bond donors (Lipinski definition) is 2. The van der Waals surface area contributed by atoms with Gasteiger partial charge in [-0.3, -0.25) is 4.79 Å². The molecule has 0 aliphatic heterocycles. The van der Waals surface area contributed by atoms with E-state index in [9.17, 15) is 4.79 Å². The smallest absolute Gasteiger partial charge is 0.320 e. The molecule has 1 aromatic heterocycles. The zero-order valence-corrected chi connectivity index (χ0v) is 11.4. The van der Waals surface area contributed by atoms with E-state index in [1.54, 1.807) is 18.8 Å². The van der Waals surface area contributed by atoms with Crippen molar-refractivity contribution in [3.63, 3.8) is 0 Å². The van der Waals surface area contributed by atoms with Crippen molar-refractivity contribution in [3.05, 3.63) is 30.6 Å². The number of benzene rings is 1. The average Bonchev–Trinajstić information content (AvgIpc) is 2.43. The number of nitrogens with zero attached hydrogens (tertiary/aromatic N) is 2. The number of carboxylic acids is 1. The topological polar surface area (TPSA) is 75.1 Å².